The third kappa shape index (κ3) is 0.961. The first-order valence-electron chi connectivity index (χ1n) is 4.41. The molecule has 2 aliphatic rings. The smallest absolute Gasteiger partial charge is 0.346 e. The molecule has 0 fully saturated rings. The van der Waals surface area contributed by atoms with Crippen molar-refractivity contribution in [3.05, 3.63) is 34.4 Å². The highest BCUT2D eigenvalue weighted by atomic mass is 16.6. The zero-order valence-electron chi connectivity index (χ0n) is 7.72. The van der Waals surface area contributed by atoms with E-state index in [-0.39, 0.29) is 22.3 Å². The van der Waals surface area contributed by atoms with E-state index in [0.717, 1.165) is 0 Å². The van der Waals surface area contributed by atoms with Crippen LogP contribution >= 0.6 is 0 Å². The van der Waals surface area contributed by atoms with E-state index in [9.17, 15) is 19.5 Å². The molecule has 0 spiro atoms. The maximum absolute atomic E-state index is 11.2. The van der Waals surface area contributed by atoms with Crippen LogP contribution in [0.4, 0.5) is 0 Å². The van der Waals surface area contributed by atoms with Gasteiger partial charge < -0.3 is 14.6 Å². The third-order valence-electron chi connectivity index (χ3n) is 2.52. The lowest BCUT2D eigenvalue weighted by molar-refractivity contribution is -0.0547. The molecule has 0 radical (unpaired) electrons. The number of hydrogen-bond donors (Lipinski definition) is 1. The third-order valence-corrected chi connectivity index (χ3v) is 2.52. The standard InChI is InChI=1S/C10H4O6/c11-7-3-1-4-6(10(14)16-8(4)12)2-5(3)9(13)15-7/h1-2,7,11H. The Balaban J connectivity index is 2.29. The van der Waals surface area contributed by atoms with Crippen molar-refractivity contribution < 1.29 is 29.0 Å². The summed E-state index contributed by atoms with van der Waals surface area (Å²) in [4.78, 5) is 33.7. The lowest BCUT2D eigenvalue weighted by Crippen LogP contribution is -1.99. The van der Waals surface area contributed by atoms with Crippen molar-refractivity contribution in [2.75, 3.05) is 0 Å². The van der Waals surface area contributed by atoms with E-state index in [2.05, 4.69) is 9.47 Å². The number of esters is 3. The Labute approximate surface area is 88.4 Å². The second kappa shape index (κ2) is 2.67. The summed E-state index contributed by atoms with van der Waals surface area (Å²) in [5, 5.41) is 9.36. The molecular formula is C10H4O6. The van der Waals surface area contributed by atoms with Crippen LogP contribution in [0.5, 0.6) is 0 Å². The van der Waals surface area contributed by atoms with E-state index >= 15 is 0 Å². The van der Waals surface area contributed by atoms with Crippen molar-refractivity contribution in [2.24, 2.45) is 0 Å². The fourth-order valence-electron chi connectivity index (χ4n) is 1.76. The van der Waals surface area contributed by atoms with Gasteiger partial charge in [-0.25, -0.2) is 14.4 Å². The molecule has 1 aromatic rings. The predicted molar refractivity (Wildman–Crippen MR) is 46.6 cm³/mol. The van der Waals surface area contributed by atoms with Gasteiger partial charge in [-0.05, 0) is 12.1 Å². The molecule has 80 valence electrons. The van der Waals surface area contributed by atoms with Gasteiger partial charge in [0.25, 0.3) is 0 Å². The Bertz CT molecular complexity index is 559. The molecule has 0 saturated carbocycles. The lowest BCUT2D eigenvalue weighted by Gasteiger charge is -2.01. The number of aliphatic hydroxyl groups excluding tert-OH is 1. The van der Waals surface area contributed by atoms with Crippen molar-refractivity contribution in [1.82, 2.24) is 0 Å². The zero-order chi connectivity index (χ0) is 11.4. The van der Waals surface area contributed by atoms with Crippen molar-refractivity contribution in [2.45, 2.75) is 6.29 Å². The largest absolute Gasteiger partial charge is 0.428 e. The van der Waals surface area contributed by atoms with Crippen LogP contribution in [0, 0.1) is 0 Å². The fourth-order valence-corrected chi connectivity index (χ4v) is 1.76. The predicted octanol–water partition coefficient (Wildman–Crippen LogP) is 0.159. The molecule has 0 amide bonds. The fraction of sp³-hybridized carbons (Fsp3) is 0.100. The normalized spacial score (nSPS) is 21.6. The summed E-state index contributed by atoms with van der Waals surface area (Å²) in [5.41, 5.74) is 0.323. The second-order valence-electron chi connectivity index (χ2n) is 3.42. The van der Waals surface area contributed by atoms with Gasteiger partial charge >= 0.3 is 17.9 Å². The maximum Gasteiger partial charge on any atom is 0.346 e. The summed E-state index contributed by atoms with van der Waals surface area (Å²) in [6.07, 6.45) is -1.39. The van der Waals surface area contributed by atoms with Crippen LogP contribution in [0.15, 0.2) is 12.1 Å². The minimum atomic E-state index is -1.39. The Morgan fingerprint density at radius 2 is 1.56 bits per heavy atom. The minimum Gasteiger partial charge on any atom is -0.428 e. The lowest BCUT2D eigenvalue weighted by atomic mass is 10.0. The molecule has 3 rings (SSSR count). The van der Waals surface area contributed by atoms with Crippen LogP contribution in [-0.2, 0) is 9.47 Å². The molecule has 2 aliphatic heterocycles. The SMILES string of the molecule is O=C1OC(=O)c2cc3c(cc21)C(=O)OC3O. The van der Waals surface area contributed by atoms with Gasteiger partial charge in [-0.1, -0.05) is 0 Å². The van der Waals surface area contributed by atoms with Gasteiger partial charge in [0.2, 0.25) is 6.29 Å². The number of carbonyl (C=O) groups excluding carboxylic acids is 3. The monoisotopic (exact) mass is 220 g/mol. The summed E-state index contributed by atoms with van der Waals surface area (Å²) >= 11 is 0. The number of cyclic esters (lactones) is 3. The van der Waals surface area contributed by atoms with E-state index in [4.69, 9.17) is 0 Å². The molecule has 2 heterocycles. The molecule has 16 heavy (non-hydrogen) atoms. The molecule has 0 aliphatic carbocycles. The molecule has 6 nitrogen and oxygen atoms in total. The van der Waals surface area contributed by atoms with Crippen molar-refractivity contribution in [3.8, 4) is 0 Å². The van der Waals surface area contributed by atoms with E-state index in [1.165, 1.54) is 12.1 Å². The number of hydrogen-bond acceptors (Lipinski definition) is 6. The average Bonchev–Trinajstić information content (AvgIpc) is 2.67. The summed E-state index contributed by atoms with van der Waals surface area (Å²) in [7, 11) is 0. The molecule has 6 heteroatoms. The van der Waals surface area contributed by atoms with Gasteiger partial charge in [-0.2, -0.15) is 0 Å². The molecule has 0 aromatic heterocycles. The molecule has 0 saturated heterocycles. The van der Waals surface area contributed by atoms with Gasteiger partial charge in [0, 0.05) is 5.56 Å². The van der Waals surface area contributed by atoms with E-state index in [1.54, 1.807) is 0 Å². The number of aliphatic hydroxyl groups is 1. The first-order chi connectivity index (χ1) is 7.58. The van der Waals surface area contributed by atoms with E-state index in [0.29, 0.717) is 0 Å². The van der Waals surface area contributed by atoms with E-state index < -0.39 is 24.2 Å². The van der Waals surface area contributed by atoms with Crippen molar-refractivity contribution in [3.63, 3.8) is 0 Å². The minimum absolute atomic E-state index is 0.0230. The zero-order valence-corrected chi connectivity index (χ0v) is 7.72. The first kappa shape index (κ1) is 9.05. The average molecular weight is 220 g/mol. The first-order valence-corrected chi connectivity index (χ1v) is 4.41. The van der Waals surface area contributed by atoms with Gasteiger partial charge in [0.15, 0.2) is 0 Å². The molecule has 1 aromatic carbocycles. The number of carbonyl (C=O) groups is 3. The van der Waals surface area contributed by atoms with Crippen LogP contribution < -0.4 is 0 Å². The molecule has 1 atom stereocenters. The Morgan fingerprint density at radius 1 is 0.938 bits per heavy atom. The Morgan fingerprint density at radius 3 is 2.25 bits per heavy atom. The Kier molecular flexibility index (Phi) is 1.51. The molecule has 0 bridgehead atoms. The number of benzene rings is 1. The quantitative estimate of drug-likeness (QED) is 0.494. The highest BCUT2D eigenvalue weighted by Gasteiger charge is 2.37. The van der Waals surface area contributed by atoms with E-state index in [1.807, 2.05) is 0 Å². The number of rotatable bonds is 0. The summed E-state index contributed by atoms with van der Waals surface area (Å²) < 4.78 is 8.90. The number of ether oxygens (including phenoxy) is 2. The van der Waals surface area contributed by atoms with Gasteiger partial charge in [-0.3, -0.25) is 0 Å². The summed E-state index contributed by atoms with van der Waals surface area (Å²) in [5.74, 6) is -2.30. The van der Waals surface area contributed by atoms with Crippen molar-refractivity contribution >= 4 is 17.9 Å². The summed E-state index contributed by atoms with van der Waals surface area (Å²) in [6, 6.07) is 2.45. The maximum atomic E-state index is 11.2. The molecule has 1 unspecified atom stereocenters. The molecule has 1 N–H and O–H groups in total. The Hall–Kier alpha value is -2.21. The van der Waals surface area contributed by atoms with Crippen molar-refractivity contribution in [1.29, 1.82) is 0 Å². The number of fused-ring (bicyclic) bond motifs is 2. The van der Waals surface area contributed by atoms with Gasteiger partial charge in [-0.15, -0.1) is 0 Å². The van der Waals surface area contributed by atoms with Crippen LogP contribution in [0.3, 0.4) is 0 Å². The van der Waals surface area contributed by atoms with Crippen LogP contribution in [0.2, 0.25) is 0 Å². The van der Waals surface area contributed by atoms with Gasteiger partial charge in [0.1, 0.15) is 0 Å². The van der Waals surface area contributed by atoms with Crippen LogP contribution in [0.25, 0.3) is 0 Å². The topological polar surface area (TPSA) is 89.9 Å². The van der Waals surface area contributed by atoms with Gasteiger partial charge in [0.05, 0.1) is 16.7 Å². The van der Waals surface area contributed by atoms with Crippen LogP contribution in [-0.4, -0.2) is 23.0 Å². The highest BCUT2D eigenvalue weighted by molar-refractivity contribution is 6.16. The summed E-state index contributed by atoms with van der Waals surface area (Å²) in [6.45, 7) is 0. The second-order valence-corrected chi connectivity index (χ2v) is 3.42. The highest BCUT2D eigenvalue weighted by Crippen LogP contribution is 2.33. The molecular weight excluding hydrogens is 216 g/mol. The van der Waals surface area contributed by atoms with Crippen LogP contribution in [0.1, 0.15) is 42.9 Å².